The average molecular weight is 667 g/mol. The van der Waals surface area contributed by atoms with Gasteiger partial charge in [-0.2, -0.15) is 0 Å². The van der Waals surface area contributed by atoms with Crippen molar-refractivity contribution < 1.29 is 9.90 Å². The molecule has 2 aromatic carbocycles. The van der Waals surface area contributed by atoms with E-state index in [1.54, 1.807) is 22.8 Å². The van der Waals surface area contributed by atoms with E-state index in [-0.39, 0.29) is 30.2 Å². The number of carbonyl (C=O) groups is 1. The van der Waals surface area contributed by atoms with Gasteiger partial charge in [0.25, 0.3) is 5.56 Å². The largest absolute Gasteiger partial charge is 0.389 e. The fourth-order valence-corrected chi connectivity index (χ4v) is 8.40. The molecule has 0 spiro atoms. The monoisotopic (exact) mass is 665 g/mol. The second-order valence-corrected chi connectivity index (χ2v) is 14.9. The van der Waals surface area contributed by atoms with Gasteiger partial charge in [-0.05, 0) is 78.3 Å². The van der Waals surface area contributed by atoms with Gasteiger partial charge in [0.1, 0.15) is 0 Å². The highest BCUT2D eigenvalue weighted by atomic mass is 35.5. The first kappa shape index (κ1) is 31.3. The molecule has 0 radical (unpaired) electrons. The van der Waals surface area contributed by atoms with E-state index in [2.05, 4.69) is 36.3 Å². The summed E-state index contributed by atoms with van der Waals surface area (Å²) in [5, 5.41) is 18.1. The number of piperazine rings is 1. The minimum Gasteiger partial charge on any atom is -0.389 e. The fourth-order valence-electron chi connectivity index (χ4n) is 7.90. The number of carbonyl (C=O) groups excluding carboxylic acids is 1. The zero-order chi connectivity index (χ0) is 32.3. The van der Waals surface area contributed by atoms with E-state index in [1.165, 1.54) is 6.42 Å². The number of rotatable bonds is 6. The highest BCUT2D eigenvalue weighted by Crippen LogP contribution is 2.61. The number of likely N-dealkylation sites (tertiary alicyclic amines) is 1. The molecule has 3 N–H and O–H groups in total. The third-order valence-electron chi connectivity index (χ3n) is 10.9. The molecular weight excluding hydrogens is 625 g/mol. The van der Waals surface area contributed by atoms with Crippen LogP contribution in [0.25, 0.3) is 10.9 Å². The molecule has 2 bridgehead atoms. The van der Waals surface area contributed by atoms with Crippen molar-refractivity contribution in [2.75, 3.05) is 42.9 Å². The van der Waals surface area contributed by atoms with Crippen LogP contribution >= 0.6 is 23.2 Å². The number of aryl methyl sites for hydroxylation is 1. The number of aromatic nitrogens is 2. The predicted octanol–water partition coefficient (Wildman–Crippen LogP) is 4.40. The Balaban J connectivity index is 1.21. The lowest BCUT2D eigenvalue weighted by Crippen LogP contribution is -2.58. The summed E-state index contributed by atoms with van der Waals surface area (Å²) in [5.74, 6) is 2.92. The Bertz CT molecular complexity index is 1770. The minimum atomic E-state index is -0.369. The Kier molecular flexibility index (Phi) is 8.18. The Morgan fingerprint density at radius 1 is 1.15 bits per heavy atom. The minimum absolute atomic E-state index is 0.112. The van der Waals surface area contributed by atoms with Crippen LogP contribution in [0, 0.1) is 23.2 Å². The normalized spacial score (nSPS) is 26.0. The van der Waals surface area contributed by atoms with E-state index in [9.17, 15) is 14.7 Å². The number of aliphatic hydroxyl groups excluding tert-OH is 1. The summed E-state index contributed by atoms with van der Waals surface area (Å²) in [6.45, 7) is 9.62. The molecule has 3 aromatic rings. The maximum Gasteiger partial charge on any atom is 0.262 e. The van der Waals surface area contributed by atoms with E-state index < -0.39 is 0 Å². The van der Waals surface area contributed by atoms with Crippen molar-refractivity contribution in [2.24, 2.45) is 28.2 Å². The van der Waals surface area contributed by atoms with Crippen LogP contribution in [0.4, 0.5) is 11.6 Å². The smallest absolute Gasteiger partial charge is 0.262 e. The molecule has 2 saturated heterocycles. The van der Waals surface area contributed by atoms with Gasteiger partial charge in [-0.1, -0.05) is 50.0 Å². The van der Waals surface area contributed by atoms with Crippen molar-refractivity contribution >= 4 is 57.6 Å². The highest BCUT2D eigenvalue weighted by Gasteiger charge is 2.56. The number of aliphatic hydroxyl groups is 1. The summed E-state index contributed by atoms with van der Waals surface area (Å²) in [7, 11) is 0. The third kappa shape index (κ3) is 5.73. The third-order valence-corrected chi connectivity index (χ3v) is 11.5. The van der Waals surface area contributed by atoms with E-state index in [1.807, 2.05) is 23.1 Å². The lowest BCUT2D eigenvalue weighted by Gasteiger charge is -2.61. The van der Waals surface area contributed by atoms with Crippen molar-refractivity contribution in [3.63, 3.8) is 0 Å². The summed E-state index contributed by atoms with van der Waals surface area (Å²) in [6, 6.07) is 11.1. The average Bonchev–Trinajstić information content (AvgIpc) is 3.00. The van der Waals surface area contributed by atoms with Gasteiger partial charge in [0.15, 0.2) is 5.96 Å². The molecule has 3 saturated carbocycles. The predicted molar refractivity (Wildman–Crippen MR) is 183 cm³/mol. The first-order chi connectivity index (χ1) is 22.0. The summed E-state index contributed by atoms with van der Waals surface area (Å²) in [6.07, 6.45) is 2.48. The molecule has 10 nitrogen and oxygen atoms in total. The Morgan fingerprint density at radius 2 is 1.96 bits per heavy atom. The number of guanidine groups is 1. The topological polar surface area (TPSA) is 115 Å². The van der Waals surface area contributed by atoms with Gasteiger partial charge in [0.2, 0.25) is 11.9 Å². The number of amides is 1. The van der Waals surface area contributed by atoms with Crippen LogP contribution in [0.3, 0.4) is 0 Å². The van der Waals surface area contributed by atoms with Crippen LogP contribution in [-0.2, 0) is 17.8 Å². The van der Waals surface area contributed by atoms with Crippen molar-refractivity contribution in [1.82, 2.24) is 19.8 Å². The molecule has 4 atom stereocenters. The Morgan fingerprint density at radius 3 is 2.65 bits per heavy atom. The van der Waals surface area contributed by atoms with Gasteiger partial charge in [0, 0.05) is 48.5 Å². The number of halogens is 2. The van der Waals surface area contributed by atoms with Crippen LogP contribution in [0.15, 0.2) is 46.2 Å². The number of nitrogens with zero attached hydrogens (tertiary/aromatic N) is 5. The number of anilines is 2. The zero-order valence-electron chi connectivity index (χ0n) is 26.5. The molecule has 46 heavy (non-hydrogen) atoms. The molecule has 0 unspecified atom stereocenters. The molecule has 244 valence electrons. The van der Waals surface area contributed by atoms with E-state index in [4.69, 9.17) is 33.2 Å². The standard InChI is InChI=1S/C34H41Cl2N7O3/c1-19-26-12-21(34(26,2)3)13-28(19)39-32(42-16-24(44)17-42)38-23-6-7-25-29(15-23)40-33(41-11-9-37-30(45)18-41)43(31(25)46)10-8-20-4-5-22(35)14-27(20)36/h4-7,14-15,19,21,24,26,28,44H,8-13,16-18H2,1-3H3,(H,37,45)(H,38,39)/t19-,21-,26+,28-/m0/s1. The van der Waals surface area contributed by atoms with Gasteiger partial charge in [0.05, 0.1) is 29.6 Å². The van der Waals surface area contributed by atoms with Gasteiger partial charge < -0.3 is 25.5 Å². The molecule has 5 aliphatic rings. The molecule has 1 amide bonds. The first-order valence-electron chi connectivity index (χ1n) is 16.3. The van der Waals surface area contributed by atoms with Crippen LogP contribution in [0.2, 0.25) is 10.0 Å². The van der Waals surface area contributed by atoms with E-state index in [0.29, 0.717) is 89.2 Å². The fraction of sp³-hybridized carbons (Fsp3) is 0.529. The SMILES string of the molecule is C[C@@H]1[C@@H](/N=C(/Nc2ccc3c(=O)n(CCc4ccc(Cl)cc4Cl)c(N4CCNC(=O)C4)nc3c2)N2CC(O)C2)C[C@@H]2C[C@H]1C2(C)C. The highest BCUT2D eigenvalue weighted by molar-refractivity contribution is 6.35. The van der Waals surface area contributed by atoms with Gasteiger partial charge >= 0.3 is 0 Å². The van der Waals surface area contributed by atoms with Crippen LogP contribution in [-0.4, -0.2) is 76.3 Å². The number of hydrogen-bond acceptors (Lipinski definition) is 6. The molecule has 1 aromatic heterocycles. The van der Waals surface area contributed by atoms with Crippen LogP contribution < -0.4 is 21.1 Å². The van der Waals surface area contributed by atoms with E-state index in [0.717, 1.165) is 23.6 Å². The van der Waals surface area contributed by atoms with Crippen molar-refractivity contribution in [3.05, 3.63) is 62.4 Å². The summed E-state index contributed by atoms with van der Waals surface area (Å²) in [4.78, 5) is 40.5. The molecule has 3 heterocycles. The number of fused-ring (bicyclic) bond motifs is 3. The Labute approximate surface area is 278 Å². The van der Waals surface area contributed by atoms with Crippen LogP contribution in [0.5, 0.6) is 0 Å². The van der Waals surface area contributed by atoms with Crippen LogP contribution in [0.1, 0.15) is 39.2 Å². The number of aliphatic imine (C=N–C) groups is 1. The first-order valence-corrected chi connectivity index (χ1v) is 17.0. The molecule has 2 aliphatic heterocycles. The quantitative estimate of drug-likeness (QED) is 0.264. The molecule has 12 heteroatoms. The second-order valence-electron chi connectivity index (χ2n) is 14.0. The van der Waals surface area contributed by atoms with Gasteiger partial charge in [-0.25, -0.2) is 9.98 Å². The lowest BCUT2D eigenvalue weighted by molar-refractivity contribution is -0.120. The molecule has 5 fully saturated rings. The van der Waals surface area contributed by atoms with Crippen molar-refractivity contribution in [2.45, 2.75) is 58.7 Å². The summed E-state index contributed by atoms with van der Waals surface area (Å²) < 4.78 is 1.64. The zero-order valence-corrected chi connectivity index (χ0v) is 28.0. The second kappa shape index (κ2) is 12.0. The van der Waals surface area contributed by atoms with Crippen molar-refractivity contribution in [3.8, 4) is 0 Å². The maximum atomic E-state index is 14.0. The molecule has 3 aliphatic carbocycles. The number of nitrogens with one attached hydrogen (secondary N) is 2. The number of β-amino-alcohol motifs (C(OH)–C–C–N with tert-alkyl or cyclic N) is 1. The Hall–Kier alpha value is -3.34. The molecular formula is C34H41Cl2N7O3. The summed E-state index contributed by atoms with van der Waals surface area (Å²) >= 11 is 12.5. The lowest BCUT2D eigenvalue weighted by atomic mass is 9.45. The van der Waals surface area contributed by atoms with Gasteiger partial charge in [-0.15, -0.1) is 0 Å². The molecule has 8 rings (SSSR count). The van der Waals surface area contributed by atoms with Crippen molar-refractivity contribution in [1.29, 1.82) is 0 Å². The summed E-state index contributed by atoms with van der Waals surface area (Å²) in [5.41, 5.74) is 2.36. The number of hydrogen-bond donors (Lipinski definition) is 3. The maximum absolute atomic E-state index is 14.0. The van der Waals surface area contributed by atoms with E-state index >= 15 is 0 Å². The number of benzene rings is 2. The van der Waals surface area contributed by atoms with Gasteiger partial charge in [-0.3, -0.25) is 14.2 Å².